The normalized spacial score (nSPS) is 12.1. The summed E-state index contributed by atoms with van der Waals surface area (Å²) >= 11 is 5.80. The van der Waals surface area contributed by atoms with Gasteiger partial charge in [-0.25, -0.2) is 13.6 Å². The number of aliphatic hydroxyl groups is 1. The summed E-state index contributed by atoms with van der Waals surface area (Å²) in [4.78, 5) is 20.4. The fourth-order valence-corrected chi connectivity index (χ4v) is 4.33. The van der Waals surface area contributed by atoms with Crippen LogP contribution in [0.1, 0.15) is 32.9 Å². The van der Waals surface area contributed by atoms with Crippen molar-refractivity contribution in [1.82, 2.24) is 9.97 Å². The van der Waals surface area contributed by atoms with Gasteiger partial charge in [0.25, 0.3) is 0 Å². The number of carbonyl (C=O) groups is 1. The molecule has 0 radical (unpaired) electrons. The molecule has 3 N–H and O–H groups in total. The number of sulfonamides is 1. The molecule has 3 aromatic rings. The first kappa shape index (κ1) is 23.8. The first-order chi connectivity index (χ1) is 14.9. The predicted octanol–water partition coefficient (Wildman–Crippen LogP) is 3.49. The van der Waals surface area contributed by atoms with Gasteiger partial charge >= 0.3 is 6.18 Å². The lowest BCUT2D eigenvalue weighted by Crippen LogP contribution is -2.19. The Morgan fingerprint density at radius 3 is 2.44 bits per heavy atom. The van der Waals surface area contributed by atoms with Crippen molar-refractivity contribution in [3.05, 3.63) is 75.8 Å². The maximum atomic E-state index is 13.9. The Hall–Kier alpha value is -2.86. The summed E-state index contributed by atoms with van der Waals surface area (Å²) in [6.45, 7) is 0.936. The summed E-state index contributed by atoms with van der Waals surface area (Å²) in [6.07, 6.45) is -2.56. The Morgan fingerprint density at radius 1 is 1.16 bits per heavy atom. The molecule has 32 heavy (non-hydrogen) atoms. The number of hydrogen-bond acceptors (Lipinski definition) is 6. The second-order valence-corrected chi connectivity index (χ2v) is 8.59. The molecule has 0 saturated carbocycles. The number of nitrogens with zero attached hydrogens (tertiary/aromatic N) is 2. The van der Waals surface area contributed by atoms with E-state index in [1.165, 1.54) is 25.3 Å². The molecule has 0 fully saturated rings. The van der Waals surface area contributed by atoms with Gasteiger partial charge in [0.2, 0.25) is 15.8 Å². The molecular formula is C20H15ClF3N3O4S. The van der Waals surface area contributed by atoms with Crippen LogP contribution in [0.2, 0.25) is 5.02 Å². The summed E-state index contributed by atoms with van der Waals surface area (Å²) < 4.78 is 66.1. The highest BCUT2D eigenvalue weighted by molar-refractivity contribution is 7.89. The number of aliphatic hydroxyl groups excluding tert-OH is 1. The van der Waals surface area contributed by atoms with E-state index in [2.05, 4.69) is 9.97 Å². The van der Waals surface area contributed by atoms with E-state index in [9.17, 15) is 31.5 Å². The summed E-state index contributed by atoms with van der Waals surface area (Å²) in [6, 6.07) is 5.32. The fourth-order valence-electron chi connectivity index (χ4n) is 3.31. The number of carbonyl (C=O) groups excluding carboxylic acids is 1. The highest BCUT2D eigenvalue weighted by Gasteiger charge is 2.40. The van der Waals surface area contributed by atoms with Gasteiger partial charge in [-0.2, -0.15) is 13.2 Å². The number of aryl methyl sites for hydroxylation is 1. The summed E-state index contributed by atoms with van der Waals surface area (Å²) in [5.74, 6) is -0.858. The number of ketones is 1. The van der Waals surface area contributed by atoms with Gasteiger partial charge in [-0.15, -0.1) is 0 Å². The smallest absolute Gasteiger partial charge is 0.392 e. The monoisotopic (exact) mass is 485 g/mol. The van der Waals surface area contributed by atoms with Crippen molar-refractivity contribution in [2.45, 2.75) is 24.6 Å². The number of nitrogens with two attached hydrogens (primary N) is 1. The molecule has 0 aliphatic carbocycles. The maximum Gasteiger partial charge on any atom is 0.418 e. The number of aromatic nitrogens is 2. The third kappa shape index (κ3) is 4.37. The Labute approximate surface area is 185 Å². The predicted molar refractivity (Wildman–Crippen MR) is 109 cm³/mol. The zero-order valence-electron chi connectivity index (χ0n) is 16.3. The SMILES string of the molecule is Cc1nccc(CO)c1C(=O)c1ncccc1-c1c(S(N)(=O)=O)ccc(Cl)c1C(F)(F)F. The Morgan fingerprint density at radius 2 is 1.84 bits per heavy atom. The van der Waals surface area contributed by atoms with E-state index in [0.717, 1.165) is 24.4 Å². The number of hydrogen-bond donors (Lipinski definition) is 2. The standard InChI is InChI=1S/C20H15ClF3N3O4S/c1-10-15(11(9-28)6-8-26-10)19(29)18-12(3-2-7-27-18)16-14(32(25,30)31)5-4-13(21)17(16)20(22,23)24/h2-8,28H,9H2,1H3,(H2,25,30,31). The lowest BCUT2D eigenvalue weighted by molar-refractivity contribution is -0.137. The van der Waals surface area contributed by atoms with Gasteiger partial charge in [-0.1, -0.05) is 17.7 Å². The van der Waals surface area contributed by atoms with Gasteiger partial charge < -0.3 is 5.11 Å². The van der Waals surface area contributed by atoms with Crippen LogP contribution >= 0.6 is 11.6 Å². The average molecular weight is 486 g/mol. The van der Waals surface area contributed by atoms with Gasteiger partial charge in [0.15, 0.2) is 0 Å². The summed E-state index contributed by atoms with van der Waals surface area (Å²) in [5.41, 5.74) is -2.99. The Bertz CT molecular complexity index is 1330. The van der Waals surface area contributed by atoms with Crippen molar-refractivity contribution in [3.63, 3.8) is 0 Å². The van der Waals surface area contributed by atoms with Gasteiger partial charge in [0, 0.05) is 29.2 Å². The van der Waals surface area contributed by atoms with Crippen LogP contribution in [-0.4, -0.2) is 29.3 Å². The minimum atomic E-state index is -5.08. The largest absolute Gasteiger partial charge is 0.418 e. The van der Waals surface area contributed by atoms with Gasteiger partial charge in [-0.3, -0.25) is 14.8 Å². The molecule has 0 aliphatic rings. The van der Waals surface area contributed by atoms with Crippen LogP contribution in [0.5, 0.6) is 0 Å². The van der Waals surface area contributed by atoms with Crippen LogP contribution < -0.4 is 5.14 Å². The van der Waals surface area contributed by atoms with Crippen molar-refractivity contribution < 1.29 is 31.5 Å². The minimum Gasteiger partial charge on any atom is -0.392 e. The van der Waals surface area contributed by atoms with Gasteiger partial charge in [-0.05, 0) is 36.8 Å². The number of benzene rings is 1. The van der Waals surface area contributed by atoms with E-state index in [1.807, 2.05) is 0 Å². The first-order valence-corrected chi connectivity index (χ1v) is 10.8. The summed E-state index contributed by atoms with van der Waals surface area (Å²) in [7, 11) is -4.66. The molecule has 0 atom stereocenters. The molecule has 0 bridgehead atoms. The number of pyridine rings is 2. The minimum absolute atomic E-state index is 0.0670. The maximum absolute atomic E-state index is 13.9. The fraction of sp³-hybridized carbons (Fsp3) is 0.150. The van der Waals surface area contributed by atoms with Crippen LogP contribution in [0.4, 0.5) is 13.2 Å². The molecule has 0 amide bonds. The molecule has 2 aromatic heterocycles. The second kappa shape index (κ2) is 8.58. The van der Waals surface area contributed by atoms with Crippen molar-refractivity contribution in [1.29, 1.82) is 0 Å². The van der Waals surface area contributed by atoms with E-state index in [-0.39, 0.29) is 16.8 Å². The molecule has 0 aliphatic heterocycles. The zero-order chi connectivity index (χ0) is 23.8. The molecule has 0 saturated heterocycles. The van der Waals surface area contributed by atoms with Crippen molar-refractivity contribution >= 4 is 27.4 Å². The quantitative estimate of drug-likeness (QED) is 0.533. The number of primary sulfonamides is 1. The van der Waals surface area contributed by atoms with E-state index >= 15 is 0 Å². The number of rotatable bonds is 5. The van der Waals surface area contributed by atoms with E-state index in [0.29, 0.717) is 0 Å². The van der Waals surface area contributed by atoms with E-state index < -0.39 is 60.9 Å². The van der Waals surface area contributed by atoms with Gasteiger partial charge in [0.1, 0.15) is 5.69 Å². The third-order valence-electron chi connectivity index (χ3n) is 4.62. The first-order valence-electron chi connectivity index (χ1n) is 8.85. The van der Waals surface area contributed by atoms with E-state index in [1.54, 1.807) is 0 Å². The molecule has 168 valence electrons. The molecular weight excluding hydrogens is 471 g/mol. The van der Waals surface area contributed by atoms with Crippen molar-refractivity contribution in [3.8, 4) is 11.1 Å². The zero-order valence-corrected chi connectivity index (χ0v) is 17.9. The van der Waals surface area contributed by atoms with Crippen LogP contribution in [0, 0.1) is 6.92 Å². The molecule has 12 heteroatoms. The molecule has 0 spiro atoms. The van der Waals surface area contributed by atoms with Crippen LogP contribution in [0.3, 0.4) is 0 Å². The van der Waals surface area contributed by atoms with Crippen molar-refractivity contribution in [2.24, 2.45) is 5.14 Å². The average Bonchev–Trinajstić information content (AvgIpc) is 2.71. The Kier molecular flexibility index (Phi) is 6.38. The summed E-state index contributed by atoms with van der Waals surface area (Å²) in [5, 5.41) is 14.0. The third-order valence-corrected chi connectivity index (χ3v) is 5.89. The lowest BCUT2D eigenvalue weighted by atomic mass is 9.92. The Balaban J connectivity index is 2.44. The van der Waals surface area contributed by atoms with Crippen LogP contribution in [0.15, 0.2) is 47.6 Å². The highest BCUT2D eigenvalue weighted by Crippen LogP contribution is 2.45. The molecule has 1 aromatic carbocycles. The molecule has 0 unspecified atom stereocenters. The highest BCUT2D eigenvalue weighted by atomic mass is 35.5. The topological polar surface area (TPSA) is 123 Å². The van der Waals surface area contributed by atoms with Crippen LogP contribution in [-0.2, 0) is 22.8 Å². The van der Waals surface area contributed by atoms with E-state index in [4.69, 9.17) is 16.7 Å². The number of halogens is 4. The van der Waals surface area contributed by atoms with Gasteiger partial charge in [0.05, 0.1) is 27.7 Å². The lowest BCUT2D eigenvalue weighted by Gasteiger charge is -2.19. The molecule has 2 heterocycles. The molecule has 7 nitrogen and oxygen atoms in total. The number of alkyl halides is 3. The van der Waals surface area contributed by atoms with Crippen molar-refractivity contribution in [2.75, 3.05) is 0 Å². The second-order valence-electron chi connectivity index (χ2n) is 6.66. The molecule has 3 rings (SSSR count). The van der Waals surface area contributed by atoms with Crippen LogP contribution in [0.25, 0.3) is 11.1 Å².